The van der Waals surface area contributed by atoms with Gasteiger partial charge < -0.3 is 15.5 Å². The standard InChI is InChI=1S/C20H30N4O4/c25-16(15-5-3-11-23(13-15)17(26)14-6-7-14)21-10-4-12-24-18(27)20(22-19(24)28)8-1-2-9-20/h14-15H,1-13H2,(H,21,25)(H,22,28). The van der Waals surface area contributed by atoms with E-state index in [9.17, 15) is 19.2 Å². The number of imide groups is 1. The van der Waals surface area contributed by atoms with Gasteiger partial charge in [-0.2, -0.15) is 0 Å². The predicted molar refractivity (Wildman–Crippen MR) is 101 cm³/mol. The van der Waals surface area contributed by atoms with Crippen LogP contribution in [-0.4, -0.2) is 65.3 Å². The molecule has 0 aromatic carbocycles. The van der Waals surface area contributed by atoms with Crippen LogP contribution >= 0.6 is 0 Å². The molecule has 2 saturated heterocycles. The summed E-state index contributed by atoms with van der Waals surface area (Å²) < 4.78 is 0. The first kappa shape index (κ1) is 19.2. The van der Waals surface area contributed by atoms with Gasteiger partial charge in [0.2, 0.25) is 11.8 Å². The number of hydrogen-bond acceptors (Lipinski definition) is 4. The Morgan fingerprint density at radius 3 is 2.54 bits per heavy atom. The van der Waals surface area contributed by atoms with E-state index in [-0.39, 0.29) is 35.6 Å². The van der Waals surface area contributed by atoms with E-state index in [1.54, 1.807) is 0 Å². The van der Waals surface area contributed by atoms with Crippen molar-refractivity contribution < 1.29 is 19.2 Å². The minimum atomic E-state index is -0.667. The van der Waals surface area contributed by atoms with Crippen molar-refractivity contribution in [2.45, 2.75) is 63.3 Å². The van der Waals surface area contributed by atoms with Crippen LogP contribution in [0.3, 0.4) is 0 Å². The highest BCUT2D eigenvalue weighted by Crippen LogP contribution is 2.35. The summed E-state index contributed by atoms with van der Waals surface area (Å²) in [6, 6.07) is -0.306. The lowest BCUT2D eigenvalue weighted by Crippen LogP contribution is -2.46. The first-order valence-corrected chi connectivity index (χ1v) is 10.7. The molecule has 0 radical (unpaired) electrons. The zero-order chi connectivity index (χ0) is 19.7. The fraction of sp³-hybridized carbons (Fsp3) is 0.800. The SMILES string of the molecule is O=C(NCCCN1C(=O)NC2(CCCC2)C1=O)C1CCCN(C(=O)C2CC2)C1. The molecule has 28 heavy (non-hydrogen) atoms. The second-order valence-corrected chi connectivity index (χ2v) is 8.72. The average Bonchev–Trinajstić information content (AvgIpc) is 3.40. The minimum Gasteiger partial charge on any atom is -0.356 e. The van der Waals surface area contributed by atoms with Crippen molar-refractivity contribution in [1.29, 1.82) is 0 Å². The third kappa shape index (κ3) is 3.73. The lowest BCUT2D eigenvalue weighted by molar-refractivity contribution is -0.136. The molecule has 0 bridgehead atoms. The van der Waals surface area contributed by atoms with Gasteiger partial charge in [0, 0.05) is 32.1 Å². The molecule has 1 atom stereocenters. The molecule has 0 aromatic heterocycles. The van der Waals surface area contributed by atoms with Crippen molar-refractivity contribution in [2.24, 2.45) is 11.8 Å². The van der Waals surface area contributed by atoms with E-state index >= 15 is 0 Å². The lowest BCUT2D eigenvalue weighted by atomic mass is 9.96. The van der Waals surface area contributed by atoms with Crippen LogP contribution in [0.25, 0.3) is 0 Å². The number of carbonyl (C=O) groups excluding carboxylic acids is 4. The minimum absolute atomic E-state index is 0.0299. The monoisotopic (exact) mass is 390 g/mol. The molecule has 2 heterocycles. The Labute approximate surface area is 165 Å². The number of carbonyl (C=O) groups is 4. The molecule has 154 valence electrons. The zero-order valence-corrected chi connectivity index (χ0v) is 16.4. The van der Waals surface area contributed by atoms with Crippen molar-refractivity contribution in [3.63, 3.8) is 0 Å². The van der Waals surface area contributed by atoms with Gasteiger partial charge in [-0.15, -0.1) is 0 Å². The number of likely N-dealkylation sites (tertiary alicyclic amines) is 1. The molecule has 1 spiro atoms. The number of hydrogen-bond donors (Lipinski definition) is 2. The van der Waals surface area contributed by atoms with Crippen molar-refractivity contribution >= 4 is 23.8 Å². The molecule has 8 nitrogen and oxygen atoms in total. The van der Waals surface area contributed by atoms with E-state index in [0.29, 0.717) is 26.1 Å². The molecule has 0 aromatic rings. The maximum Gasteiger partial charge on any atom is 0.325 e. The molecule has 2 N–H and O–H groups in total. The van der Waals surface area contributed by atoms with Crippen LogP contribution in [0, 0.1) is 11.8 Å². The van der Waals surface area contributed by atoms with Gasteiger partial charge in [-0.25, -0.2) is 4.79 Å². The summed E-state index contributed by atoms with van der Waals surface area (Å²) in [5.74, 6) is 0.0986. The van der Waals surface area contributed by atoms with Crippen LogP contribution < -0.4 is 10.6 Å². The molecule has 2 saturated carbocycles. The molecular formula is C20H30N4O4. The quantitative estimate of drug-likeness (QED) is 0.522. The number of amides is 5. The Morgan fingerprint density at radius 2 is 1.82 bits per heavy atom. The van der Waals surface area contributed by atoms with E-state index in [4.69, 9.17) is 0 Å². The van der Waals surface area contributed by atoms with Crippen LogP contribution in [0.5, 0.6) is 0 Å². The highest BCUT2D eigenvalue weighted by molar-refractivity contribution is 6.07. The van der Waals surface area contributed by atoms with Gasteiger partial charge in [-0.1, -0.05) is 12.8 Å². The maximum absolute atomic E-state index is 12.6. The summed E-state index contributed by atoms with van der Waals surface area (Å²) in [7, 11) is 0. The van der Waals surface area contributed by atoms with Crippen LogP contribution in [0.4, 0.5) is 4.79 Å². The molecular weight excluding hydrogens is 360 g/mol. The number of piperidine rings is 1. The topological polar surface area (TPSA) is 98.8 Å². The highest BCUT2D eigenvalue weighted by Gasteiger charge is 2.52. The van der Waals surface area contributed by atoms with Crippen molar-refractivity contribution in [3.05, 3.63) is 0 Å². The molecule has 4 rings (SSSR count). The van der Waals surface area contributed by atoms with Crippen LogP contribution in [0.15, 0.2) is 0 Å². The second kappa shape index (κ2) is 7.72. The summed E-state index contributed by atoms with van der Waals surface area (Å²) in [4.78, 5) is 52.6. The Morgan fingerprint density at radius 1 is 1.07 bits per heavy atom. The van der Waals surface area contributed by atoms with Gasteiger partial charge in [-0.05, 0) is 44.9 Å². The number of rotatable bonds is 6. The molecule has 2 aliphatic carbocycles. The first-order valence-electron chi connectivity index (χ1n) is 10.7. The molecule has 4 fully saturated rings. The third-order valence-corrected chi connectivity index (χ3v) is 6.59. The summed E-state index contributed by atoms with van der Waals surface area (Å²) in [5.41, 5.74) is -0.667. The van der Waals surface area contributed by atoms with Gasteiger partial charge in [0.25, 0.3) is 5.91 Å². The van der Waals surface area contributed by atoms with Crippen LogP contribution in [0.1, 0.15) is 57.8 Å². The Bertz CT molecular complexity index is 669. The molecule has 1 unspecified atom stereocenters. The van der Waals surface area contributed by atoms with Gasteiger partial charge in [0.1, 0.15) is 5.54 Å². The molecule has 5 amide bonds. The third-order valence-electron chi connectivity index (χ3n) is 6.59. The Hall–Kier alpha value is -2.12. The second-order valence-electron chi connectivity index (χ2n) is 8.72. The van der Waals surface area contributed by atoms with Crippen LogP contribution in [0.2, 0.25) is 0 Å². The van der Waals surface area contributed by atoms with Gasteiger partial charge >= 0.3 is 6.03 Å². The molecule has 2 aliphatic heterocycles. The Balaban J connectivity index is 1.20. The predicted octanol–water partition coefficient (Wildman–Crippen LogP) is 1.01. The summed E-state index contributed by atoms with van der Waals surface area (Å²) in [6.07, 6.45) is 7.56. The largest absolute Gasteiger partial charge is 0.356 e. The van der Waals surface area contributed by atoms with E-state index in [1.807, 2.05) is 4.90 Å². The van der Waals surface area contributed by atoms with Gasteiger partial charge in [0.05, 0.1) is 5.92 Å². The summed E-state index contributed by atoms with van der Waals surface area (Å²) >= 11 is 0. The van der Waals surface area contributed by atoms with Crippen molar-refractivity contribution in [3.8, 4) is 0 Å². The number of urea groups is 1. The number of nitrogens with zero attached hydrogens (tertiary/aromatic N) is 2. The van der Waals surface area contributed by atoms with Crippen molar-refractivity contribution in [1.82, 2.24) is 20.4 Å². The smallest absolute Gasteiger partial charge is 0.325 e. The summed E-state index contributed by atoms with van der Waals surface area (Å²) in [5, 5.41) is 5.80. The van der Waals surface area contributed by atoms with E-state index < -0.39 is 5.54 Å². The highest BCUT2D eigenvalue weighted by atomic mass is 16.2. The average molecular weight is 390 g/mol. The molecule has 8 heteroatoms. The first-order chi connectivity index (χ1) is 13.5. The lowest BCUT2D eigenvalue weighted by Gasteiger charge is -2.32. The fourth-order valence-corrected chi connectivity index (χ4v) is 4.77. The summed E-state index contributed by atoms with van der Waals surface area (Å²) in [6.45, 7) is 2.02. The molecule has 4 aliphatic rings. The van der Waals surface area contributed by atoms with E-state index in [0.717, 1.165) is 57.9 Å². The van der Waals surface area contributed by atoms with Crippen LogP contribution in [-0.2, 0) is 14.4 Å². The Kier molecular flexibility index (Phi) is 5.29. The van der Waals surface area contributed by atoms with E-state index in [1.165, 1.54) is 4.90 Å². The normalized spacial score (nSPS) is 26.6. The van der Waals surface area contributed by atoms with Gasteiger partial charge in [-0.3, -0.25) is 19.3 Å². The van der Waals surface area contributed by atoms with Gasteiger partial charge in [0.15, 0.2) is 0 Å². The fourth-order valence-electron chi connectivity index (χ4n) is 4.77. The zero-order valence-electron chi connectivity index (χ0n) is 16.4. The van der Waals surface area contributed by atoms with E-state index in [2.05, 4.69) is 10.6 Å². The number of nitrogens with one attached hydrogen (secondary N) is 2. The van der Waals surface area contributed by atoms with Crippen molar-refractivity contribution in [2.75, 3.05) is 26.2 Å². The maximum atomic E-state index is 12.6.